The number of anilines is 1. The highest BCUT2D eigenvalue weighted by Gasteiger charge is 2.26. The fourth-order valence-corrected chi connectivity index (χ4v) is 3.44. The summed E-state index contributed by atoms with van der Waals surface area (Å²) in [5, 5.41) is 13.6. The van der Waals surface area contributed by atoms with Crippen LogP contribution in [0.1, 0.15) is 28.3 Å². The number of aromatic nitrogens is 3. The first-order chi connectivity index (χ1) is 11.6. The van der Waals surface area contributed by atoms with Gasteiger partial charge in [-0.05, 0) is 24.1 Å². The number of nitrogens with zero attached hydrogens (tertiary/aromatic N) is 4. The van der Waals surface area contributed by atoms with Crippen molar-refractivity contribution in [1.82, 2.24) is 14.6 Å². The van der Waals surface area contributed by atoms with Crippen molar-refractivity contribution in [3.05, 3.63) is 59.0 Å². The van der Waals surface area contributed by atoms with Gasteiger partial charge in [-0.2, -0.15) is 5.10 Å². The lowest BCUT2D eigenvalue weighted by molar-refractivity contribution is 0.0697. The van der Waals surface area contributed by atoms with E-state index in [1.165, 1.54) is 0 Å². The molecular formula is C17H15ClN4O2. The van der Waals surface area contributed by atoms with E-state index in [1.807, 2.05) is 18.2 Å². The molecular weight excluding hydrogens is 328 g/mol. The normalized spacial score (nSPS) is 17.5. The molecule has 0 bridgehead atoms. The number of rotatable bonds is 3. The average molecular weight is 343 g/mol. The summed E-state index contributed by atoms with van der Waals surface area (Å²) in [7, 11) is 0. The second-order valence-corrected chi connectivity index (χ2v) is 6.29. The highest BCUT2D eigenvalue weighted by molar-refractivity contribution is 6.29. The minimum Gasteiger partial charge on any atom is -0.478 e. The van der Waals surface area contributed by atoms with Crippen LogP contribution in [-0.2, 0) is 0 Å². The lowest BCUT2D eigenvalue weighted by Gasteiger charge is -2.19. The molecule has 0 saturated carbocycles. The molecule has 4 rings (SSSR count). The van der Waals surface area contributed by atoms with Crippen LogP contribution in [0.15, 0.2) is 42.7 Å². The van der Waals surface area contributed by atoms with Gasteiger partial charge in [0.2, 0.25) is 0 Å². The van der Waals surface area contributed by atoms with Crippen molar-refractivity contribution in [2.24, 2.45) is 0 Å². The third-order valence-electron chi connectivity index (χ3n) is 4.47. The Morgan fingerprint density at radius 1 is 1.29 bits per heavy atom. The van der Waals surface area contributed by atoms with Crippen LogP contribution in [-0.4, -0.2) is 38.8 Å². The van der Waals surface area contributed by atoms with Crippen LogP contribution in [0.4, 0.5) is 5.69 Å². The van der Waals surface area contributed by atoms with Crippen LogP contribution in [0.5, 0.6) is 0 Å². The predicted octanol–water partition coefficient (Wildman–Crippen LogP) is 3.07. The highest BCUT2D eigenvalue weighted by atomic mass is 35.5. The summed E-state index contributed by atoms with van der Waals surface area (Å²) in [6, 6.07) is 8.98. The number of halogens is 1. The molecule has 0 spiro atoms. The summed E-state index contributed by atoms with van der Waals surface area (Å²) in [5.41, 5.74) is 3.24. The number of carboxylic acid groups (broad SMARTS) is 1. The molecule has 3 heterocycles. The van der Waals surface area contributed by atoms with Gasteiger partial charge in [0.15, 0.2) is 10.8 Å². The summed E-state index contributed by atoms with van der Waals surface area (Å²) in [5.74, 6) is -0.544. The molecule has 1 N–H and O–H groups in total. The van der Waals surface area contributed by atoms with Crippen LogP contribution in [0, 0.1) is 0 Å². The monoisotopic (exact) mass is 342 g/mol. The van der Waals surface area contributed by atoms with E-state index in [9.17, 15) is 4.79 Å². The molecule has 2 aromatic heterocycles. The zero-order chi connectivity index (χ0) is 16.7. The van der Waals surface area contributed by atoms with E-state index in [0.717, 1.165) is 36.4 Å². The standard InChI is InChI=1S/C17H15ClN4O2/c18-15-9-14(16-19-6-8-22(16)20-15)21-7-5-13(10-21)11-1-3-12(4-2-11)17(23)24/h1-4,6,8-9,13H,5,7,10H2,(H,23,24). The average Bonchev–Trinajstić information content (AvgIpc) is 3.23. The van der Waals surface area contributed by atoms with Crippen LogP contribution in [0.25, 0.3) is 5.65 Å². The Hall–Kier alpha value is -2.60. The van der Waals surface area contributed by atoms with Gasteiger partial charge >= 0.3 is 5.97 Å². The Morgan fingerprint density at radius 2 is 2.08 bits per heavy atom. The van der Waals surface area contributed by atoms with Crippen LogP contribution >= 0.6 is 11.6 Å². The highest BCUT2D eigenvalue weighted by Crippen LogP contribution is 2.33. The first-order valence-corrected chi connectivity index (χ1v) is 8.08. The number of imidazole rings is 1. The maximum Gasteiger partial charge on any atom is 0.335 e. The van der Waals surface area contributed by atoms with Crippen molar-refractivity contribution in [1.29, 1.82) is 0 Å². The molecule has 122 valence electrons. The van der Waals surface area contributed by atoms with Gasteiger partial charge in [-0.15, -0.1) is 0 Å². The van der Waals surface area contributed by atoms with E-state index in [4.69, 9.17) is 16.7 Å². The number of benzene rings is 1. The third kappa shape index (κ3) is 2.59. The maximum atomic E-state index is 11.0. The zero-order valence-corrected chi connectivity index (χ0v) is 13.5. The lowest BCUT2D eigenvalue weighted by Crippen LogP contribution is -2.20. The molecule has 1 aromatic carbocycles. The van der Waals surface area contributed by atoms with Gasteiger partial charge < -0.3 is 10.0 Å². The van der Waals surface area contributed by atoms with E-state index >= 15 is 0 Å². The smallest absolute Gasteiger partial charge is 0.335 e. The molecule has 1 aliphatic rings. The van der Waals surface area contributed by atoms with Gasteiger partial charge in [0.25, 0.3) is 0 Å². The van der Waals surface area contributed by atoms with Crippen molar-refractivity contribution in [2.45, 2.75) is 12.3 Å². The molecule has 0 radical (unpaired) electrons. The summed E-state index contributed by atoms with van der Waals surface area (Å²) in [6.45, 7) is 1.74. The fraction of sp³-hybridized carbons (Fsp3) is 0.235. The van der Waals surface area contributed by atoms with Gasteiger partial charge in [0.1, 0.15) is 0 Å². The molecule has 1 atom stereocenters. The fourth-order valence-electron chi connectivity index (χ4n) is 3.25. The molecule has 7 heteroatoms. The van der Waals surface area contributed by atoms with E-state index < -0.39 is 5.97 Å². The molecule has 3 aromatic rings. The number of hydrogen-bond donors (Lipinski definition) is 1. The quantitative estimate of drug-likeness (QED) is 0.792. The summed E-state index contributed by atoms with van der Waals surface area (Å²) in [6.07, 6.45) is 4.49. The second kappa shape index (κ2) is 5.79. The first kappa shape index (κ1) is 15.0. The minimum atomic E-state index is -0.900. The number of aromatic carboxylic acids is 1. The van der Waals surface area contributed by atoms with Crippen molar-refractivity contribution < 1.29 is 9.90 Å². The van der Waals surface area contributed by atoms with Gasteiger partial charge in [-0.25, -0.2) is 14.3 Å². The zero-order valence-electron chi connectivity index (χ0n) is 12.8. The Labute approximate surface area is 143 Å². The largest absolute Gasteiger partial charge is 0.478 e. The molecule has 1 saturated heterocycles. The number of fused-ring (bicyclic) bond motifs is 1. The van der Waals surface area contributed by atoms with Gasteiger partial charge in [0, 0.05) is 37.5 Å². The number of carbonyl (C=O) groups is 1. The first-order valence-electron chi connectivity index (χ1n) is 7.70. The van der Waals surface area contributed by atoms with E-state index in [-0.39, 0.29) is 0 Å². The Balaban J connectivity index is 1.59. The van der Waals surface area contributed by atoms with Crippen LogP contribution < -0.4 is 4.90 Å². The predicted molar refractivity (Wildman–Crippen MR) is 91.0 cm³/mol. The Bertz CT molecular complexity index is 907. The Morgan fingerprint density at radius 3 is 2.83 bits per heavy atom. The number of hydrogen-bond acceptors (Lipinski definition) is 4. The third-order valence-corrected chi connectivity index (χ3v) is 4.65. The Kier molecular flexibility index (Phi) is 3.61. The second-order valence-electron chi connectivity index (χ2n) is 5.91. The maximum absolute atomic E-state index is 11.0. The van der Waals surface area contributed by atoms with Gasteiger partial charge in [-0.1, -0.05) is 23.7 Å². The molecule has 0 aliphatic carbocycles. The summed E-state index contributed by atoms with van der Waals surface area (Å²) >= 11 is 6.12. The molecule has 6 nitrogen and oxygen atoms in total. The summed E-state index contributed by atoms with van der Waals surface area (Å²) < 4.78 is 1.69. The molecule has 1 aliphatic heterocycles. The SMILES string of the molecule is O=C(O)c1ccc(C2CCN(c3cc(Cl)nn4ccnc34)C2)cc1. The lowest BCUT2D eigenvalue weighted by atomic mass is 9.97. The molecule has 1 unspecified atom stereocenters. The summed E-state index contributed by atoms with van der Waals surface area (Å²) in [4.78, 5) is 17.6. The molecule has 0 amide bonds. The van der Waals surface area contributed by atoms with Gasteiger partial charge in [0.05, 0.1) is 11.3 Å². The van der Waals surface area contributed by atoms with Crippen LogP contribution in [0.2, 0.25) is 5.15 Å². The van der Waals surface area contributed by atoms with Crippen LogP contribution in [0.3, 0.4) is 0 Å². The molecule has 1 fully saturated rings. The van der Waals surface area contributed by atoms with Gasteiger partial charge in [-0.3, -0.25) is 0 Å². The van der Waals surface area contributed by atoms with E-state index in [1.54, 1.807) is 29.0 Å². The molecule has 24 heavy (non-hydrogen) atoms. The number of carboxylic acids is 1. The van der Waals surface area contributed by atoms with Crippen molar-refractivity contribution >= 4 is 28.9 Å². The van der Waals surface area contributed by atoms with Crippen molar-refractivity contribution in [3.63, 3.8) is 0 Å². The van der Waals surface area contributed by atoms with E-state index in [0.29, 0.717) is 16.6 Å². The van der Waals surface area contributed by atoms with E-state index in [2.05, 4.69) is 15.0 Å². The van der Waals surface area contributed by atoms with Crippen molar-refractivity contribution in [2.75, 3.05) is 18.0 Å². The van der Waals surface area contributed by atoms with Crippen molar-refractivity contribution in [3.8, 4) is 0 Å². The minimum absolute atomic E-state index is 0.314. The topological polar surface area (TPSA) is 70.7 Å².